The van der Waals surface area contributed by atoms with E-state index in [1.165, 1.54) is 98.0 Å². The Morgan fingerprint density at radius 1 is 0.170 bits per heavy atom. The van der Waals surface area contributed by atoms with E-state index in [9.17, 15) is 0 Å². The second-order valence-electron chi connectivity index (χ2n) is 28.5. The molecule has 0 aliphatic heterocycles. The van der Waals surface area contributed by atoms with Crippen LogP contribution in [0.3, 0.4) is 0 Å². The molecule has 8 nitrogen and oxygen atoms in total. The first-order valence-corrected chi connectivity index (χ1v) is 37.7. The molecule has 0 spiro atoms. The van der Waals surface area contributed by atoms with Crippen LogP contribution in [0.2, 0.25) is 0 Å². The van der Waals surface area contributed by atoms with E-state index in [1.54, 1.807) is 6.20 Å². The van der Waals surface area contributed by atoms with E-state index in [2.05, 4.69) is 307 Å². The topological polar surface area (TPSA) is 103 Å². The van der Waals surface area contributed by atoms with Gasteiger partial charge in [0.15, 0.2) is 11.6 Å². The standard InChI is InChI=1S/2C52H32N4/c1-2-10-33(11-3-1)42-23-19-34-22-26-46-43(24-20-35-21-25-45(42)50(34)51(35)46)36-13-8-14-38(28-36)52-55-48(40-29-37-12-4-7-18-47(37)54-32-40)30-49(56-52)44-17-6-5-16-41(44)39-15-9-27-53-31-39;1-2-9-33(10-3-1)42-24-20-36-23-27-45-43(25-21-37-22-26-44(42)50(36)51(37)45)38-12-8-13-40(29-38)52-55-48(35-18-16-34(17-19-35)46-15-6-7-28-53-46)31-49(56-52)41-30-39-11-4-5-14-47(39)54-32-41/h2*1-32H. The molecule has 0 radical (unpaired) electrons. The van der Waals surface area contributed by atoms with Gasteiger partial charge in [-0.3, -0.25) is 19.9 Å². The molecule has 16 aromatic carbocycles. The van der Waals surface area contributed by atoms with Crippen LogP contribution >= 0.6 is 0 Å². The van der Waals surface area contributed by atoms with Gasteiger partial charge >= 0.3 is 0 Å². The maximum absolute atomic E-state index is 5.30. The van der Waals surface area contributed by atoms with Crippen LogP contribution in [-0.4, -0.2) is 39.9 Å². The minimum atomic E-state index is 0.652. The Balaban J connectivity index is 0.000000141. The first-order valence-electron chi connectivity index (χ1n) is 37.7. The highest BCUT2D eigenvalue weighted by Crippen LogP contribution is 2.46. The fourth-order valence-corrected chi connectivity index (χ4v) is 16.5. The zero-order chi connectivity index (χ0) is 74.0. The largest absolute Gasteiger partial charge is 0.264 e. The van der Waals surface area contributed by atoms with Crippen LogP contribution in [0.25, 0.3) is 221 Å². The van der Waals surface area contributed by atoms with Crippen molar-refractivity contribution in [2.75, 3.05) is 0 Å². The van der Waals surface area contributed by atoms with Gasteiger partial charge in [-0.1, -0.05) is 291 Å². The summed E-state index contributed by atoms with van der Waals surface area (Å²) in [6, 6.07) is 127. The van der Waals surface area contributed by atoms with Crippen molar-refractivity contribution in [1.82, 2.24) is 39.9 Å². The van der Waals surface area contributed by atoms with Crippen LogP contribution < -0.4 is 0 Å². The lowest BCUT2D eigenvalue weighted by molar-refractivity contribution is 1.18. The molecule has 112 heavy (non-hydrogen) atoms. The normalized spacial score (nSPS) is 11.6. The van der Waals surface area contributed by atoms with Crippen molar-refractivity contribution >= 4 is 86.4 Å². The second-order valence-corrected chi connectivity index (χ2v) is 28.5. The highest BCUT2D eigenvalue weighted by molar-refractivity contribution is 6.29. The molecule has 6 heterocycles. The first kappa shape index (κ1) is 65.2. The summed E-state index contributed by atoms with van der Waals surface area (Å²) in [5.41, 5.74) is 24.6. The maximum atomic E-state index is 5.30. The van der Waals surface area contributed by atoms with Crippen LogP contribution in [-0.2, 0) is 0 Å². The van der Waals surface area contributed by atoms with Gasteiger partial charge in [-0.25, -0.2) is 19.9 Å². The number of hydrogen-bond donors (Lipinski definition) is 0. The Kier molecular flexibility index (Phi) is 16.1. The summed E-state index contributed by atoms with van der Waals surface area (Å²) < 4.78 is 0. The highest BCUT2D eigenvalue weighted by atomic mass is 14.9. The molecule has 0 saturated heterocycles. The predicted octanol–water partition coefficient (Wildman–Crippen LogP) is 26.6. The van der Waals surface area contributed by atoms with Gasteiger partial charge < -0.3 is 0 Å². The van der Waals surface area contributed by atoms with Crippen molar-refractivity contribution in [3.63, 3.8) is 0 Å². The van der Waals surface area contributed by atoms with Gasteiger partial charge in [0, 0.05) is 86.3 Å². The number of aromatic nitrogens is 8. The van der Waals surface area contributed by atoms with Gasteiger partial charge in [0.2, 0.25) is 0 Å². The van der Waals surface area contributed by atoms with E-state index in [-0.39, 0.29) is 0 Å². The van der Waals surface area contributed by atoms with Crippen LogP contribution in [0.5, 0.6) is 0 Å². The average Bonchev–Trinajstić information content (AvgIpc) is 0.732. The molecule has 0 aliphatic carbocycles. The molecular formula is C104H64N8. The summed E-state index contributed by atoms with van der Waals surface area (Å²) >= 11 is 0. The van der Waals surface area contributed by atoms with Crippen LogP contribution in [0.1, 0.15) is 0 Å². The van der Waals surface area contributed by atoms with Crippen LogP contribution in [0.4, 0.5) is 0 Å². The van der Waals surface area contributed by atoms with Gasteiger partial charge in [0.05, 0.1) is 39.5 Å². The number of nitrogens with zero attached hydrogens (tertiary/aromatic N) is 8. The fourth-order valence-electron chi connectivity index (χ4n) is 16.5. The Bertz CT molecular complexity index is 7360. The molecule has 0 aliphatic rings. The highest BCUT2D eigenvalue weighted by Gasteiger charge is 2.22. The lowest BCUT2D eigenvalue weighted by atomic mass is 9.87. The summed E-state index contributed by atoms with van der Waals surface area (Å²) in [4.78, 5) is 39.5. The van der Waals surface area contributed by atoms with Crippen molar-refractivity contribution < 1.29 is 0 Å². The maximum Gasteiger partial charge on any atom is 0.160 e. The number of pyridine rings is 4. The predicted molar refractivity (Wildman–Crippen MR) is 463 cm³/mol. The van der Waals surface area contributed by atoms with Crippen LogP contribution in [0, 0.1) is 0 Å². The Hall–Kier alpha value is -15.1. The van der Waals surface area contributed by atoms with Gasteiger partial charge in [0.25, 0.3) is 0 Å². The van der Waals surface area contributed by atoms with E-state index >= 15 is 0 Å². The van der Waals surface area contributed by atoms with Gasteiger partial charge in [-0.2, -0.15) is 0 Å². The molecule has 22 aromatic rings. The third-order valence-corrected chi connectivity index (χ3v) is 21.9. The third-order valence-electron chi connectivity index (χ3n) is 21.9. The van der Waals surface area contributed by atoms with Gasteiger partial charge in [0.1, 0.15) is 0 Å². The van der Waals surface area contributed by atoms with E-state index in [0.29, 0.717) is 11.6 Å². The Morgan fingerprint density at radius 2 is 0.554 bits per heavy atom. The minimum Gasteiger partial charge on any atom is -0.264 e. The fraction of sp³-hybridized carbons (Fsp3) is 0. The van der Waals surface area contributed by atoms with Gasteiger partial charge in [-0.15, -0.1) is 0 Å². The van der Waals surface area contributed by atoms with Crippen molar-refractivity contribution in [2.45, 2.75) is 0 Å². The summed E-state index contributed by atoms with van der Waals surface area (Å²) in [5, 5.41) is 17.3. The van der Waals surface area contributed by atoms with E-state index in [4.69, 9.17) is 29.9 Å². The molecule has 0 saturated carbocycles. The molecule has 0 bridgehead atoms. The average molecular weight is 1430 g/mol. The molecule has 0 amide bonds. The number of hydrogen-bond acceptors (Lipinski definition) is 8. The number of fused-ring (bicyclic) bond motifs is 2. The zero-order valence-electron chi connectivity index (χ0n) is 60.5. The summed E-state index contributed by atoms with van der Waals surface area (Å²) in [7, 11) is 0. The second kappa shape index (κ2) is 27.6. The molecule has 520 valence electrons. The molecule has 6 aromatic heterocycles. The number of rotatable bonds is 12. The third kappa shape index (κ3) is 11.8. The molecular weight excluding hydrogens is 1360 g/mol. The smallest absolute Gasteiger partial charge is 0.160 e. The van der Waals surface area contributed by atoms with Crippen molar-refractivity contribution in [1.29, 1.82) is 0 Å². The van der Waals surface area contributed by atoms with E-state index < -0.39 is 0 Å². The van der Waals surface area contributed by atoms with Crippen LogP contribution in [0.15, 0.2) is 389 Å². The molecule has 0 unspecified atom stereocenters. The number of para-hydroxylation sites is 2. The summed E-state index contributed by atoms with van der Waals surface area (Å²) in [6.07, 6.45) is 9.35. The quantitative estimate of drug-likeness (QED) is 0.111. The van der Waals surface area contributed by atoms with E-state index in [1.807, 2.05) is 85.5 Å². The zero-order valence-corrected chi connectivity index (χ0v) is 60.5. The lowest BCUT2D eigenvalue weighted by Gasteiger charge is -2.17. The lowest BCUT2D eigenvalue weighted by Crippen LogP contribution is -1.98. The Morgan fingerprint density at radius 3 is 1.03 bits per heavy atom. The van der Waals surface area contributed by atoms with E-state index in [0.717, 1.165) is 111 Å². The molecule has 8 heteroatoms. The summed E-state index contributed by atoms with van der Waals surface area (Å²) in [5.74, 6) is 1.31. The Labute approximate surface area is 645 Å². The monoisotopic (exact) mass is 1420 g/mol. The first-order chi connectivity index (χ1) is 55.5. The molecule has 0 fully saturated rings. The molecule has 0 atom stereocenters. The summed E-state index contributed by atoms with van der Waals surface area (Å²) in [6.45, 7) is 0. The van der Waals surface area contributed by atoms with Crippen molar-refractivity contribution in [3.05, 3.63) is 389 Å². The number of benzene rings is 16. The van der Waals surface area contributed by atoms with Gasteiger partial charge in [-0.05, 0) is 181 Å². The van der Waals surface area contributed by atoms with Crippen molar-refractivity contribution in [3.8, 4) is 135 Å². The molecule has 0 N–H and O–H groups in total. The molecule has 22 rings (SSSR count). The van der Waals surface area contributed by atoms with Crippen molar-refractivity contribution in [2.24, 2.45) is 0 Å². The SMILES string of the molecule is c1ccc(-c2ccc3ccc4c(-c5cccc(-c6nc(-c7ccc(-c8ccccn8)cc7)cc(-c7cnc8ccccc8c7)n6)c5)ccc5ccc2c3c54)cc1.c1ccc(-c2ccc3ccc4c(-c5cccc(-c6nc(-c7cnc8ccccc8c7)cc(-c7ccccc7-c7cccnc7)n6)c5)ccc5ccc2c3c54)cc1. The minimum absolute atomic E-state index is 0.652.